The summed E-state index contributed by atoms with van der Waals surface area (Å²) in [5.74, 6) is -0.651. The van der Waals surface area contributed by atoms with Crippen LogP contribution in [0.2, 0.25) is 0 Å². The van der Waals surface area contributed by atoms with Crippen LogP contribution in [0.3, 0.4) is 0 Å². The molecule has 1 unspecified atom stereocenters. The van der Waals surface area contributed by atoms with Crippen molar-refractivity contribution >= 4 is 28.6 Å². The van der Waals surface area contributed by atoms with Crippen LogP contribution in [0.15, 0.2) is 53.9 Å². The van der Waals surface area contributed by atoms with Gasteiger partial charge in [0.05, 0.1) is 5.56 Å². The first-order valence-electron chi connectivity index (χ1n) is 8.54. The maximum Gasteiger partial charge on any atom is 0.416 e. The lowest BCUT2D eigenvalue weighted by atomic mass is 10.1. The number of aromatic nitrogens is 1. The number of nitrogens with zero attached hydrogens (tertiary/aromatic N) is 2. The Morgan fingerprint density at radius 3 is 2.48 bits per heavy atom. The Kier molecular flexibility index (Phi) is 5.90. The topological polar surface area (TPSA) is 65.5 Å². The number of anilines is 2. The molecular weight excluding hydrogens is 403 g/mol. The zero-order valence-electron chi connectivity index (χ0n) is 15.6. The van der Waals surface area contributed by atoms with Crippen LogP contribution in [0.1, 0.15) is 32.7 Å². The third-order valence-corrected chi connectivity index (χ3v) is 5.06. The standard InChI is InChI=1S/C20H18F3N3O2S/c1-26(2)15-8-6-12(7-9-15)17(27)19-25-16(11-29-19)18(28)24-14-5-3-4-13(10-14)20(21,22)23/h3-11,17,27H,1-2H3,(H,24,28). The number of nitrogens with one attached hydrogen (secondary N) is 1. The van der Waals surface area contributed by atoms with Gasteiger partial charge >= 0.3 is 6.18 Å². The molecule has 2 N–H and O–H groups in total. The van der Waals surface area contributed by atoms with E-state index in [1.165, 1.54) is 17.5 Å². The van der Waals surface area contributed by atoms with Gasteiger partial charge in [-0.3, -0.25) is 4.79 Å². The summed E-state index contributed by atoms with van der Waals surface area (Å²) in [7, 11) is 3.81. The predicted molar refractivity (Wildman–Crippen MR) is 106 cm³/mol. The maximum atomic E-state index is 12.8. The van der Waals surface area contributed by atoms with Crippen LogP contribution in [0.25, 0.3) is 0 Å². The monoisotopic (exact) mass is 421 g/mol. The number of thiazole rings is 1. The highest BCUT2D eigenvalue weighted by atomic mass is 32.1. The molecule has 0 radical (unpaired) electrons. The second kappa shape index (κ2) is 8.22. The van der Waals surface area contributed by atoms with Crippen molar-refractivity contribution in [2.75, 3.05) is 24.3 Å². The minimum atomic E-state index is -4.50. The molecule has 3 aromatic rings. The average Bonchev–Trinajstić information content (AvgIpc) is 3.17. The van der Waals surface area contributed by atoms with Crippen molar-refractivity contribution in [2.45, 2.75) is 12.3 Å². The van der Waals surface area contributed by atoms with Crippen molar-refractivity contribution in [1.82, 2.24) is 4.98 Å². The molecule has 0 spiro atoms. The van der Waals surface area contributed by atoms with E-state index < -0.39 is 23.8 Å². The lowest BCUT2D eigenvalue weighted by Gasteiger charge is -2.14. The van der Waals surface area contributed by atoms with Gasteiger partial charge in [0.2, 0.25) is 0 Å². The first-order valence-corrected chi connectivity index (χ1v) is 9.42. The van der Waals surface area contributed by atoms with Crippen LogP contribution in [0, 0.1) is 0 Å². The minimum absolute atomic E-state index is 0.0131. The Morgan fingerprint density at radius 1 is 1.17 bits per heavy atom. The number of benzene rings is 2. The average molecular weight is 421 g/mol. The molecule has 0 aliphatic carbocycles. The van der Waals surface area contributed by atoms with E-state index in [0.717, 1.165) is 29.2 Å². The summed E-state index contributed by atoms with van der Waals surface area (Å²) in [5, 5.41) is 14.7. The van der Waals surface area contributed by atoms with Gasteiger partial charge in [0.25, 0.3) is 5.91 Å². The molecule has 9 heteroatoms. The number of amides is 1. The Bertz CT molecular complexity index is 1000. The summed E-state index contributed by atoms with van der Waals surface area (Å²) >= 11 is 1.10. The van der Waals surface area contributed by atoms with Crippen LogP contribution in [0.5, 0.6) is 0 Å². The fourth-order valence-electron chi connectivity index (χ4n) is 2.58. The number of alkyl halides is 3. The smallest absolute Gasteiger partial charge is 0.381 e. The Balaban J connectivity index is 1.73. The molecule has 0 bridgehead atoms. The van der Waals surface area contributed by atoms with Crippen LogP contribution in [-0.2, 0) is 6.18 Å². The van der Waals surface area contributed by atoms with Crippen molar-refractivity contribution in [3.05, 3.63) is 75.7 Å². The number of carbonyl (C=O) groups is 1. The predicted octanol–water partition coefficient (Wildman–Crippen LogP) is 4.56. The third-order valence-electron chi connectivity index (χ3n) is 4.16. The Hall–Kier alpha value is -2.91. The van der Waals surface area contributed by atoms with Gasteiger partial charge in [0, 0.05) is 30.9 Å². The molecule has 0 saturated heterocycles. The van der Waals surface area contributed by atoms with Crippen molar-refractivity contribution in [2.24, 2.45) is 0 Å². The van der Waals surface area contributed by atoms with Gasteiger partial charge in [-0.05, 0) is 35.9 Å². The second-order valence-corrected chi connectivity index (χ2v) is 7.38. The minimum Gasteiger partial charge on any atom is -0.381 e. The molecule has 29 heavy (non-hydrogen) atoms. The first kappa shape index (κ1) is 20.8. The van der Waals surface area contributed by atoms with E-state index in [1.807, 2.05) is 31.1 Å². The molecule has 3 rings (SSSR count). The van der Waals surface area contributed by atoms with Crippen molar-refractivity contribution in [3.8, 4) is 0 Å². The van der Waals surface area contributed by atoms with Crippen LogP contribution in [-0.4, -0.2) is 30.1 Å². The van der Waals surface area contributed by atoms with E-state index in [1.54, 1.807) is 12.1 Å². The van der Waals surface area contributed by atoms with Crippen LogP contribution < -0.4 is 10.2 Å². The molecule has 2 aromatic carbocycles. The highest BCUT2D eigenvalue weighted by molar-refractivity contribution is 7.10. The van der Waals surface area contributed by atoms with Gasteiger partial charge in [0.1, 0.15) is 16.8 Å². The molecule has 0 aliphatic rings. The molecule has 0 fully saturated rings. The van der Waals surface area contributed by atoms with Crippen molar-refractivity contribution < 1.29 is 23.1 Å². The summed E-state index contributed by atoms with van der Waals surface area (Å²) < 4.78 is 38.4. The number of rotatable bonds is 5. The Morgan fingerprint density at radius 2 is 1.86 bits per heavy atom. The largest absolute Gasteiger partial charge is 0.416 e. The molecule has 0 saturated carbocycles. The lowest BCUT2D eigenvalue weighted by Crippen LogP contribution is -2.14. The second-order valence-electron chi connectivity index (χ2n) is 6.49. The van der Waals surface area contributed by atoms with Gasteiger partial charge in [0.15, 0.2) is 0 Å². The Labute approximate surface area is 169 Å². The number of hydrogen-bond donors (Lipinski definition) is 2. The number of aliphatic hydroxyl groups excluding tert-OH is 1. The molecular formula is C20H18F3N3O2S. The molecule has 1 amide bonds. The SMILES string of the molecule is CN(C)c1ccc(C(O)c2nc(C(=O)Nc3cccc(C(F)(F)F)c3)cs2)cc1. The van der Waals surface area contributed by atoms with E-state index in [-0.39, 0.29) is 11.4 Å². The molecule has 1 atom stereocenters. The zero-order valence-corrected chi connectivity index (χ0v) is 16.4. The van der Waals surface area contributed by atoms with Crippen molar-refractivity contribution in [3.63, 3.8) is 0 Å². The van der Waals surface area contributed by atoms with E-state index in [2.05, 4.69) is 10.3 Å². The summed E-state index contributed by atoms with van der Waals surface area (Å²) in [5.41, 5.74) is 0.771. The van der Waals surface area contributed by atoms with Crippen molar-refractivity contribution in [1.29, 1.82) is 0 Å². The molecule has 1 aromatic heterocycles. The van der Waals surface area contributed by atoms with Crippen LogP contribution >= 0.6 is 11.3 Å². The zero-order chi connectivity index (χ0) is 21.2. The normalized spacial score (nSPS) is 12.5. The quantitative estimate of drug-likeness (QED) is 0.634. The van der Waals surface area contributed by atoms with Gasteiger partial charge in [-0.15, -0.1) is 11.3 Å². The van der Waals surface area contributed by atoms with E-state index >= 15 is 0 Å². The summed E-state index contributed by atoms with van der Waals surface area (Å²) in [6.07, 6.45) is -5.51. The van der Waals surface area contributed by atoms with E-state index in [9.17, 15) is 23.1 Å². The summed E-state index contributed by atoms with van der Waals surface area (Å²) in [6.45, 7) is 0. The molecule has 152 valence electrons. The number of aliphatic hydroxyl groups is 1. The highest BCUT2D eigenvalue weighted by Crippen LogP contribution is 2.31. The van der Waals surface area contributed by atoms with E-state index in [0.29, 0.717) is 10.6 Å². The molecule has 1 heterocycles. The summed E-state index contributed by atoms with van der Waals surface area (Å²) in [6, 6.07) is 11.6. The third kappa shape index (κ3) is 4.93. The van der Waals surface area contributed by atoms with E-state index in [4.69, 9.17) is 0 Å². The van der Waals surface area contributed by atoms with Gasteiger partial charge in [-0.2, -0.15) is 13.2 Å². The lowest BCUT2D eigenvalue weighted by molar-refractivity contribution is -0.137. The van der Waals surface area contributed by atoms with Gasteiger partial charge in [-0.25, -0.2) is 4.98 Å². The number of halogens is 3. The molecule has 0 aliphatic heterocycles. The van der Waals surface area contributed by atoms with Gasteiger partial charge in [-0.1, -0.05) is 18.2 Å². The fourth-order valence-corrected chi connectivity index (χ4v) is 3.39. The maximum absolute atomic E-state index is 12.8. The van der Waals surface area contributed by atoms with Gasteiger partial charge < -0.3 is 15.3 Å². The fraction of sp³-hybridized carbons (Fsp3) is 0.200. The first-order chi connectivity index (χ1) is 13.6. The number of carbonyl (C=O) groups excluding carboxylic acids is 1. The summed E-state index contributed by atoms with van der Waals surface area (Å²) in [4.78, 5) is 18.4. The van der Waals surface area contributed by atoms with Crippen LogP contribution in [0.4, 0.5) is 24.5 Å². The number of hydrogen-bond acceptors (Lipinski definition) is 5. The highest BCUT2D eigenvalue weighted by Gasteiger charge is 2.30. The molecule has 5 nitrogen and oxygen atoms in total.